The molecule has 0 aromatic heterocycles. The van der Waals surface area contributed by atoms with Gasteiger partial charge >= 0.3 is 11.9 Å². The van der Waals surface area contributed by atoms with E-state index in [4.69, 9.17) is 10.2 Å². The lowest BCUT2D eigenvalue weighted by Gasteiger charge is -2.20. The molecule has 1 saturated heterocycles. The molecule has 1 fully saturated rings. The van der Waals surface area contributed by atoms with Gasteiger partial charge in [0, 0.05) is 13.0 Å². The highest BCUT2D eigenvalue weighted by atomic mass is 16.4. The summed E-state index contributed by atoms with van der Waals surface area (Å²) >= 11 is 0. The van der Waals surface area contributed by atoms with Crippen LogP contribution in [0.4, 0.5) is 0 Å². The average molecular weight is 215 g/mol. The molecule has 6 heteroatoms. The van der Waals surface area contributed by atoms with Crippen LogP contribution in [0.15, 0.2) is 0 Å². The fourth-order valence-corrected chi connectivity index (χ4v) is 1.68. The van der Waals surface area contributed by atoms with Crippen molar-refractivity contribution in [2.45, 2.75) is 31.7 Å². The molecular formula is C9H13NO5. The van der Waals surface area contributed by atoms with Crippen LogP contribution in [0.2, 0.25) is 0 Å². The molecule has 0 aromatic carbocycles. The van der Waals surface area contributed by atoms with Gasteiger partial charge in [-0.05, 0) is 12.8 Å². The van der Waals surface area contributed by atoms with Gasteiger partial charge in [0.1, 0.15) is 6.04 Å². The molecular weight excluding hydrogens is 202 g/mol. The van der Waals surface area contributed by atoms with Crippen LogP contribution in [0.3, 0.4) is 0 Å². The number of carboxylic acid groups (broad SMARTS) is 2. The first-order valence-electron chi connectivity index (χ1n) is 4.76. The number of carbonyl (C=O) groups excluding carboxylic acids is 1. The van der Waals surface area contributed by atoms with E-state index >= 15 is 0 Å². The average Bonchev–Trinajstić information content (AvgIpc) is 2.62. The van der Waals surface area contributed by atoms with Gasteiger partial charge in [-0.25, -0.2) is 4.79 Å². The molecule has 0 spiro atoms. The molecule has 84 valence electrons. The van der Waals surface area contributed by atoms with Crippen molar-refractivity contribution in [2.75, 3.05) is 6.54 Å². The molecule has 6 nitrogen and oxygen atoms in total. The Balaban J connectivity index is 2.51. The van der Waals surface area contributed by atoms with E-state index < -0.39 is 18.0 Å². The van der Waals surface area contributed by atoms with E-state index in [1.54, 1.807) is 0 Å². The minimum atomic E-state index is -1.05. The largest absolute Gasteiger partial charge is 0.481 e. The maximum Gasteiger partial charge on any atom is 0.326 e. The molecule has 1 heterocycles. The molecule has 1 rings (SSSR count). The van der Waals surface area contributed by atoms with Crippen molar-refractivity contribution in [3.63, 3.8) is 0 Å². The van der Waals surface area contributed by atoms with Gasteiger partial charge in [-0.15, -0.1) is 0 Å². The molecule has 0 unspecified atom stereocenters. The maximum atomic E-state index is 11.5. The van der Waals surface area contributed by atoms with E-state index in [1.165, 1.54) is 4.90 Å². The summed E-state index contributed by atoms with van der Waals surface area (Å²) in [6, 6.07) is -0.772. The zero-order valence-electron chi connectivity index (χ0n) is 8.18. The highest BCUT2D eigenvalue weighted by Gasteiger charge is 2.33. The predicted molar refractivity (Wildman–Crippen MR) is 49.2 cm³/mol. The second-order valence-electron chi connectivity index (χ2n) is 3.48. The predicted octanol–water partition coefficient (Wildman–Crippen LogP) is -0.0732. The number of hydrogen-bond donors (Lipinski definition) is 2. The van der Waals surface area contributed by atoms with Crippen LogP contribution < -0.4 is 0 Å². The minimum absolute atomic E-state index is 0.126. The summed E-state index contributed by atoms with van der Waals surface area (Å²) in [5.74, 6) is -2.45. The lowest BCUT2D eigenvalue weighted by atomic mass is 10.2. The Labute approximate surface area is 86.5 Å². The third-order valence-electron chi connectivity index (χ3n) is 2.41. The van der Waals surface area contributed by atoms with Gasteiger partial charge in [-0.1, -0.05) is 0 Å². The van der Waals surface area contributed by atoms with Gasteiger partial charge < -0.3 is 15.1 Å². The van der Waals surface area contributed by atoms with Crippen LogP contribution in [-0.4, -0.2) is 45.5 Å². The zero-order chi connectivity index (χ0) is 11.4. The summed E-state index contributed by atoms with van der Waals surface area (Å²) in [5.41, 5.74) is 0. The number of nitrogens with zero attached hydrogens (tertiary/aromatic N) is 1. The van der Waals surface area contributed by atoms with Gasteiger partial charge in [0.2, 0.25) is 5.91 Å². The van der Waals surface area contributed by atoms with Crippen molar-refractivity contribution in [3.05, 3.63) is 0 Å². The van der Waals surface area contributed by atoms with Crippen molar-refractivity contribution >= 4 is 17.8 Å². The fraction of sp³-hybridized carbons (Fsp3) is 0.667. The summed E-state index contributed by atoms with van der Waals surface area (Å²) in [7, 11) is 0. The third-order valence-corrected chi connectivity index (χ3v) is 2.41. The molecule has 1 aliphatic heterocycles. The molecule has 0 radical (unpaired) electrons. The Morgan fingerprint density at radius 3 is 2.40 bits per heavy atom. The second kappa shape index (κ2) is 4.77. The van der Waals surface area contributed by atoms with Crippen LogP contribution in [0, 0.1) is 0 Å². The molecule has 0 bridgehead atoms. The summed E-state index contributed by atoms with van der Waals surface area (Å²) in [5, 5.41) is 17.2. The van der Waals surface area contributed by atoms with Gasteiger partial charge in [0.15, 0.2) is 0 Å². The van der Waals surface area contributed by atoms with Gasteiger partial charge in [-0.2, -0.15) is 0 Å². The lowest BCUT2D eigenvalue weighted by molar-refractivity contribution is -0.148. The van der Waals surface area contributed by atoms with Crippen molar-refractivity contribution < 1.29 is 24.6 Å². The first-order chi connectivity index (χ1) is 7.02. The Kier molecular flexibility index (Phi) is 3.65. The summed E-state index contributed by atoms with van der Waals surface area (Å²) in [6.07, 6.45) is 0.741. The monoisotopic (exact) mass is 215 g/mol. The maximum absolute atomic E-state index is 11.5. The Morgan fingerprint density at radius 1 is 1.20 bits per heavy atom. The highest BCUT2D eigenvalue weighted by Crippen LogP contribution is 2.18. The summed E-state index contributed by atoms with van der Waals surface area (Å²) in [4.78, 5) is 33.7. The molecule has 0 aromatic rings. The standard InChI is InChI=1S/C9H13NO5/c11-7(3-4-8(12)13)10-5-1-2-6(10)9(14)15/h6H,1-5H2,(H,12,13)(H,14,15)/t6-/m0/s1. The first-order valence-corrected chi connectivity index (χ1v) is 4.76. The van der Waals surface area contributed by atoms with Crippen LogP contribution in [-0.2, 0) is 14.4 Å². The number of carboxylic acids is 2. The molecule has 1 atom stereocenters. The van der Waals surface area contributed by atoms with E-state index in [0.717, 1.165) is 0 Å². The van der Waals surface area contributed by atoms with E-state index in [1.807, 2.05) is 0 Å². The molecule has 1 aliphatic rings. The zero-order valence-corrected chi connectivity index (χ0v) is 8.18. The van der Waals surface area contributed by atoms with Crippen LogP contribution >= 0.6 is 0 Å². The quantitative estimate of drug-likeness (QED) is 0.684. The minimum Gasteiger partial charge on any atom is -0.481 e. The molecule has 0 saturated carbocycles. The topological polar surface area (TPSA) is 94.9 Å². The van der Waals surface area contributed by atoms with E-state index in [-0.39, 0.29) is 18.7 Å². The van der Waals surface area contributed by atoms with Gasteiger partial charge in [-0.3, -0.25) is 9.59 Å². The Hall–Kier alpha value is -1.59. The number of carbonyl (C=O) groups is 3. The molecule has 2 N–H and O–H groups in total. The lowest BCUT2D eigenvalue weighted by Crippen LogP contribution is -2.40. The summed E-state index contributed by atoms with van der Waals surface area (Å²) < 4.78 is 0. The Morgan fingerprint density at radius 2 is 1.87 bits per heavy atom. The SMILES string of the molecule is O=C(O)CCC(=O)N1CCC[C@H]1C(=O)O. The van der Waals surface area contributed by atoms with E-state index in [9.17, 15) is 14.4 Å². The third kappa shape index (κ3) is 2.93. The second-order valence-corrected chi connectivity index (χ2v) is 3.48. The van der Waals surface area contributed by atoms with Crippen LogP contribution in [0.1, 0.15) is 25.7 Å². The Bertz CT molecular complexity index is 288. The normalized spacial score (nSPS) is 20.3. The fourth-order valence-electron chi connectivity index (χ4n) is 1.68. The molecule has 1 amide bonds. The smallest absolute Gasteiger partial charge is 0.326 e. The van der Waals surface area contributed by atoms with Gasteiger partial charge in [0.25, 0.3) is 0 Å². The van der Waals surface area contributed by atoms with Crippen LogP contribution in [0.25, 0.3) is 0 Å². The summed E-state index contributed by atoms with van der Waals surface area (Å²) in [6.45, 7) is 0.412. The number of aliphatic carboxylic acids is 2. The van der Waals surface area contributed by atoms with Gasteiger partial charge in [0.05, 0.1) is 6.42 Å². The highest BCUT2D eigenvalue weighted by molar-refractivity contribution is 5.86. The van der Waals surface area contributed by atoms with Crippen molar-refractivity contribution in [2.24, 2.45) is 0 Å². The molecule has 0 aliphatic carbocycles. The number of likely N-dealkylation sites (tertiary alicyclic amines) is 1. The molecule has 15 heavy (non-hydrogen) atoms. The van der Waals surface area contributed by atoms with Crippen molar-refractivity contribution in [1.82, 2.24) is 4.90 Å². The first kappa shape index (κ1) is 11.5. The van der Waals surface area contributed by atoms with E-state index in [2.05, 4.69) is 0 Å². The number of hydrogen-bond acceptors (Lipinski definition) is 3. The number of rotatable bonds is 4. The van der Waals surface area contributed by atoms with E-state index in [0.29, 0.717) is 19.4 Å². The van der Waals surface area contributed by atoms with Crippen molar-refractivity contribution in [3.8, 4) is 0 Å². The van der Waals surface area contributed by atoms with Crippen LogP contribution in [0.5, 0.6) is 0 Å². The number of amides is 1. The van der Waals surface area contributed by atoms with Crippen molar-refractivity contribution in [1.29, 1.82) is 0 Å².